The van der Waals surface area contributed by atoms with Crippen LogP contribution < -0.4 is 0 Å². The molecular weight excluding hydrogens is 575 g/mol. The molecule has 3 aromatic rings. The van der Waals surface area contributed by atoms with Crippen LogP contribution in [0.2, 0.25) is 0 Å². The van der Waals surface area contributed by atoms with Crippen molar-refractivity contribution < 1.29 is 8.42 Å². The largest absolute Gasteiger partial charge is 0.265 e. The molecule has 7 nitrogen and oxygen atoms in total. The van der Waals surface area contributed by atoms with E-state index in [4.69, 9.17) is 0 Å². The number of hydrogen-bond donors (Lipinski definition) is 0. The van der Waals surface area contributed by atoms with Gasteiger partial charge in [0.1, 0.15) is 0 Å². The van der Waals surface area contributed by atoms with Gasteiger partial charge in [-0.15, -0.1) is 11.8 Å². The van der Waals surface area contributed by atoms with E-state index in [1.54, 1.807) is 60.7 Å². The Bertz CT molecular complexity index is 1780. The number of sulfonamides is 1. The molecule has 0 radical (unpaired) electrons. The van der Waals surface area contributed by atoms with Gasteiger partial charge < -0.3 is 0 Å². The van der Waals surface area contributed by atoms with Crippen molar-refractivity contribution in [1.29, 1.82) is 21.0 Å². The highest BCUT2D eigenvalue weighted by molar-refractivity contribution is 8.00. The van der Waals surface area contributed by atoms with Gasteiger partial charge in [0.15, 0.2) is 10.8 Å². The standard InChI is InChI=1S/C34H29N5O2S2/c1-3-42-31-18-28(25-10-6-4-7-11-25)32-30(39(31)43(40,41)27-16-14-24(2)15-17-27)19-29(26-12-8-5-9-13-26)33(20-35,21-36)34(32,22-37)23-38/h4-17,19,28-29,31-32H,3,18H2,1-2H3/t28-,29-,31-,32-/m1/s1. The van der Waals surface area contributed by atoms with E-state index in [-0.39, 0.29) is 17.0 Å². The third kappa shape index (κ3) is 4.58. The van der Waals surface area contributed by atoms with Crippen LogP contribution in [-0.2, 0) is 10.0 Å². The number of rotatable bonds is 6. The first-order chi connectivity index (χ1) is 20.7. The lowest BCUT2D eigenvalue weighted by molar-refractivity contribution is 0.107. The second-order valence-electron chi connectivity index (χ2n) is 10.8. The lowest BCUT2D eigenvalue weighted by atomic mass is 9.47. The summed E-state index contributed by atoms with van der Waals surface area (Å²) in [4.78, 5) is 0.0887. The summed E-state index contributed by atoms with van der Waals surface area (Å²) in [5.74, 6) is -2.03. The number of benzene rings is 3. The molecule has 214 valence electrons. The molecule has 5 rings (SSSR count). The molecule has 0 amide bonds. The summed E-state index contributed by atoms with van der Waals surface area (Å²) >= 11 is 1.47. The first-order valence-corrected chi connectivity index (χ1v) is 16.4. The van der Waals surface area contributed by atoms with E-state index in [0.717, 1.165) is 11.1 Å². The Morgan fingerprint density at radius 2 is 1.35 bits per heavy atom. The van der Waals surface area contributed by atoms with E-state index >= 15 is 0 Å². The maximum Gasteiger partial charge on any atom is 0.265 e. The highest BCUT2D eigenvalue weighted by Crippen LogP contribution is 2.65. The fourth-order valence-electron chi connectivity index (χ4n) is 6.61. The monoisotopic (exact) mass is 603 g/mol. The van der Waals surface area contributed by atoms with Gasteiger partial charge in [0.05, 0.1) is 34.5 Å². The van der Waals surface area contributed by atoms with Gasteiger partial charge in [-0.1, -0.05) is 91.4 Å². The van der Waals surface area contributed by atoms with E-state index in [2.05, 4.69) is 24.3 Å². The predicted molar refractivity (Wildman–Crippen MR) is 164 cm³/mol. The Kier molecular flexibility index (Phi) is 8.09. The number of aryl methyl sites for hydroxylation is 1. The molecule has 1 fully saturated rings. The minimum absolute atomic E-state index is 0.0887. The van der Waals surface area contributed by atoms with Gasteiger partial charge in [-0.25, -0.2) is 8.42 Å². The van der Waals surface area contributed by atoms with Crippen LogP contribution in [0.25, 0.3) is 0 Å². The molecule has 9 heteroatoms. The van der Waals surface area contributed by atoms with Crippen LogP contribution in [0.1, 0.15) is 41.9 Å². The Morgan fingerprint density at radius 3 is 1.86 bits per heavy atom. The van der Waals surface area contributed by atoms with E-state index in [0.29, 0.717) is 11.3 Å². The van der Waals surface area contributed by atoms with E-state index in [9.17, 15) is 29.5 Å². The van der Waals surface area contributed by atoms with E-state index < -0.39 is 44.0 Å². The van der Waals surface area contributed by atoms with Crippen LogP contribution in [0.5, 0.6) is 0 Å². The molecule has 4 atom stereocenters. The second kappa shape index (κ2) is 11.6. The lowest BCUT2D eigenvalue weighted by Gasteiger charge is -2.55. The number of fused-ring (bicyclic) bond motifs is 1. The number of allylic oxidation sites excluding steroid dienone is 2. The molecule has 1 heterocycles. The third-order valence-corrected chi connectivity index (χ3v) is 11.7. The molecule has 1 saturated heterocycles. The normalized spacial score (nSPS) is 23.8. The first-order valence-electron chi connectivity index (χ1n) is 13.9. The van der Waals surface area contributed by atoms with Crippen molar-refractivity contribution in [3.8, 4) is 24.3 Å². The van der Waals surface area contributed by atoms with Crippen molar-refractivity contribution in [2.45, 2.75) is 42.4 Å². The molecule has 1 aliphatic carbocycles. The molecular formula is C34H29N5O2S2. The first kappa shape index (κ1) is 29.9. The van der Waals surface area contributed by atoms with Crippen LogP contribution in [0.15, 0.2) is 102 Å². The van der Waals surface area contributed by atoms with Crippen molar-refractivity contribution in [1.82, 2.24) is 4.31 Å². The van der Waals surface area contributed by atoms with Gasteiger partial charge in [0, 0.05) is 17.5 Å². The fraction of sp³-hybridized carbons (Fsp3) is 0.294. The summed E-state index contributed by atoms with van der Waals surface area (Å²) in [7, 11) is -4.19. The van der Waals surface area contributed by atoms with E-state index in [1.807, 2.05) is 44.2 Å². The smallest absolute Gasteiger partial charge is 0.257 e. The second-order valence-corrected chi connectivity index (χ2v) is 14.1. The molecule has 0 saturated carbocycles. The fourth-order valence-corrected chi connectivity index (χ4v) is 9.67. The molecule has 0 bridgehead atoms. The minimum Gasteiger partial charge on any atom is -0.257 e. The summed E-state index contributed by atoms with van der Waals surface area (Å²) in [5.41, 5.74) is -1.80. The third-order valence-electron chi connectivity index (χ3n) is 8.61. The molecule has 3 aromatic carbocycles. The van der Waals surface area contributed by atoms with Crippen LogP contribution >= 0.6 is 11.8 Å². The van der Waals surface area contributed by atoms with E-state index in [1.165, 1.54) is 16.1 Å². The maximum absolute atomic E-state index is 14.6. The SMILES string of the molecule is CCS[C@@H]1C[C@H](c2ccccc2)[C@@H]2C(=C[C@H](c3ccccc3)C(C#N)(C#N)C2(C#N)C#N)N1S(=O)(=O)c1ccc(C)cc1. The Labute approximate surface area is 257 Å². The average Bonchev–Trinajstić information content (AvgIpc) is 3.04. The van der Waals surface area contributed by atoms with Gasteiger partial charge >= 0.3 is 0 Å². The number of nitriles is 4. The zero-order valence-corrected chi connectivity index (χ0v) is 25.4. The Morgan fingerprint density at radius 1 is 0.814 bits per heavy atom. The van der Waals surface area contributed by atoms with Gasteiger partial charge in [0.2, 0.25) is 0 Å². The van der Waals surface area contributed by atoms with Gasteiger partial charge in [-0.05, 0) is 48.3 Å². The number of hydrogen-bond acceptors (Lipinski definition) is 7. The van der Waals surface area contributed by atoms with Gasteiger partial charge in [-0.3, -0.25) is 4.31 Å². The Balaban J connectivity index is 1.91. The van der Waals surface area contributed by atoms with Crippen molar-refractivity contribution in [2.24, 2.45) is 16.7 Å². The van der Waals surface area contributed by atoms with Crippen molar-refractivity contribution >= 4 is 21.8 Å². The number of nitrogens with zero attached hydrogens (tertiary/aromatic N) is 5. The summed E-state index contributed by atoms with van der Waals surface area (Å²) in [6.07, 6.45) is 1.95. The summed E-state index contributed by atoms with van der Waals surface area (Å²) < 4.78 is 30.5. The summed E-state index contributed by atoms with van der Waals surface area (Å²) in [6, 6.07) is 33.2. The van der Waals surface area contributed by atoms with Crippen LogP contribution in [-0.4, -0.2) is 23.8 Å². The van der Waals surface area contributed by atoms with Crippen LogP contribution in [0, 0.1) is 69.0 Å². The molecule has 0 N–H and O–H groups in total. The molecule has 1 aliphatic heterocycles. The quantitative estimate of drug-likeness (QED) is 0.309. The van der Waals surface area contributed by atoms with Crippen molar-refractivity contribution in [2.75, 3.05) is 5.75 Å². The average molecular weight is 604 g/mol. The zero-order chi connectivity index (χ0) is 30.8. The molecule has 0 spiro atoms. The zero-order valence-electron chi connectivity index (χ0n) is 23.8. The van der Waals surface area contributed by atoms with Crippen molar-refractivity contribution in [3.63, 3.8) is 0 Å². The highest BCUT2D eigenvalue weighted by Gasteiger charge is 2.69. The Hall–Kier alpha value is -4.54. The maximum atomic E-state index is 14.6. The molecule has 0 unspecified atom stereocenters. The number of thioether (sulfide) groups is 1. The van der Waals surface area contributed by atoms with Crippen molar-refractivity contribution in [3.05, 3.63) is 113 Å². The van der Waals surface area contributed by atoms with Crippen LogP contribution in [0.4, 0.5) is 0 Å². The summed E-state index contributed by atoms with van der Waals surface area (Å²) in [5, 5.41) is 42.8. The minimum atomic E-state index is -4.19. The predicted octanol–water partition coefficient (Wildman–Crippen LogP) is 6.62. The number of piperidine rings is 1. The summed E-state index contributed by atoms with van der Waals surface area (Å²) in [6.45, 7) is 3.83. The molecule has 43 heavy (non-hydrogen) atoms. The van der Waals surface area contributed by atoms with Gasteiger partial charge in [0.25, 0.3) is 10.0 Å². The lowest BCUT2D eigenvalue weighted by Crippen LogP contribution is -2.59. The van der Waals surface area contributed by atoms with Gasteiger partial charge in [-0.2, -0.15) is 21.0 Å². The van der Waals surface area contributed by atoms with Crippen LogP contribution in [0.3, 0.4) is 0 Å². The molecule has 2 aliphatic rings. The molecule has 0 aromatic heterocycles. The topological polar surface area (TPSA) is 133 Å². The highest BCUT2D eigenvalue weighted by atomic mass is 32.2.